The Morgan fingerprint density at radius 1 is 1.29 bits per heavy atom. The summed E-state index contributed by atoms with van der Waals surface area (Å²) >= 11 is 0. The van der Waals surface area contributed by atoms with E-state index in [-0.39, 0.29) is 24.9 Å². The summed E-state index contributed by atoms with van der Waals surface area (Å²) in [5, 5.41) is 16.8. The number of aromatic nitrogens is 2. The Labute approximate surface area is 219 Å². The van der Waals surface area contributed by atoms with Crippen molar-refractivity contribution >= 4 is 17.6 Å². The van der Waals surface area contributed by atoms with Gasteiger partial charge in [-0.1, -0.05) is 24.0 Å². The number of rotatable bonds is 5. The third-order valence-electron chi connectivity index (χ3n) is 6.58. The number of carbonyl (C=O) groups excluding carboxylic acids is 2. The van der Waals surface area contributed by atoms with E-state index in [1.165, 1.54) is 29.4 Å². The van der Waals surface area contributed by atoms with Gasteiger partial charge < -0.3 is 24.8 Å². The summed E-state index contributed by atoms with van der Waals surface area (Å²) in [4.78, 5) is 27.4. The summed E-state index contributed by atoms with van der Waals surface area (Å²) < 4.78 is 26.1. The number of hydrogen-bond donors (Lipinski definition) is 2. The molecule has 1 aromatic heterocycles. The van der Waals surface area contributed by atoms with Gasteiger partial charge in [0.1, 0.15) is 42.2 Å². The number of fused-ring (bicyclic) bond motifs is 1. The molecule has 1 saturated carbocycles. The van der Waals surface area contributed by atoms with Crippen LogP contribution in [0, 0.1) is 17.7 Å². The van der Waals surface area contributed by atoms with Crippen molar-refractivity contribution < 1.29 is 28.6 Å². The predicted molar refractivity (Wildman–Crippen MR) is 137 cm³/mol. The number of likely N-dealkylation sites (N-methyl/N-ethyl adjacent to an activating group) is 1. The topological polar surface area (TPSA) is 106 Å². The zero-order chi connectivity index (χ0) is 26.7. The van der Waals surface area contributed by atoms with Gasteiger partial charge in [-0.05, 0) is 54.7 Å². The Hall–Kier alpha value is -4.36. The Kier molecular flexibility index (Phi) is 7.03. The van der Waals surface area contributed by atoms with Gasteiger partial charge in [0, 0.05) is 25.7 Å². The Bertz CT molecular complexity index is 1420. The molecule has 0 unspecified atom stereocenters. The number of nitrogens with one attached hydrogen (secondary N) is 1. The van der Waals surface area contributed by atoms with Gasteiger partial charge in [-0.2, -0.15) is 9.78 Å². The van der Waals surface area contributed by atoms with Gasteiger partial charge in [0.05, 0.1) is 11.9 Å². The molecule has 1 aliphatic carbocycles. The lowest BCUT2D eigenvalue weighted by molar-refractivity contribution is -0.120. The molecule has 0 saturated heterocycles. The van der Waals surface area contributed by atoms with Gasteiger partial charge >= 0.3 is 6.03 Å². The lowest BCUT2D eigenvalue weighted by atomic mass is 9.81. The normalized spacial score (nSPS) is 17.7. The smallest absolute Gasteiger partial charge is 0.342 e. The molecule has 38 heavy (non-hydrogen) atoms. The largest absolute Gasteiger partial charge is 0.489 e. The van der Waals surface area contributed by atoms with Crippen molar-refractivity contribution in [3.8, 4) is 23.3 Å². The average Bonchev–Trinajstić information content (AvgIpc) is 3.32. The van der Waals surface area contributed by atoms with Crippen molar-refractivity contribution in [1.29, 1.82) is 0 Å². The standard InChI is InChI=1S/C28H27FN4O5/c1-32-24-15-22(37-12-4-11-28(36)9-3-10-28)7-8-25(24)38-18-23(26(32)34)31-27(35)33-17-20(16-30-33)13-19-5-2-6-21(29)14-19/h2,5-8,14-17,23,36H,3,9-10,12-13,18H2,1H3,(H,31,35)/t23-/m0/s1. The highest BCUT2D eigenvalue weighted by Crippen LogP contribution is 2.34. The SMILES string of the molecule is CN1C(=O)[C@@H](NC(=O)n2cc(Cc3cccc(F)c3)cn2)COc2ccc(OCC#CC3(O)CCC3)cc21. The average molecular weight is 519 g/mol. The van der Waals surface area contributed by atoms with Crippen LogP contribution in [0.4, 0.5) is 14.9 Å². The second-order valence-corrected chi connectivity index (χ2v) is 9.42. The second-order valence-electron chi connectivity index (χ2n) is 9.42. The summed E-state index contributed by atoms with van der Waals surface area (Å²) in [5.41, 5.74) is 1.07. The fraction of sp³-hybridized carbons (Fsp3) is 0.321. The maximum absolute atomic E-state index is 13.5. The predicted octanol–water partition coefficient (Wildman–Crippen LogP) is 2.89. The molecule has 196 valence electrons. The molecule has 2 aliphatic rings. The molecule has 1 atom stereocenters. The van der Waals surface area contributed by atoms with Crippen LogP contribution in [0.25, 0.3) is 0 Å². The number of benzene rings is 2. The first kappa shape index (κ1) is 25.3. The lowest BCUT2D eigenvalue weighted by Gasteiger charge is -2.30. The number of carbonyl (C=O) groups is 2. The highest BCUT2D eigenvalue weighted by molar-refractivity contribution is 6.00. The first-order valence-electron chi connectivity index (χ1n) is 12.3. The first-order valence-corrected chi connectivity index (χ1v) is 12.3. The van der Waals surface area contributed by atoms with E-state index in [9.17, 15) is 19.1 Å². The minimum absolute atomic E-state index is 0.0659. The molecule has 2 amide bonds. The highest BCUT2D eigenvalue weighted by atomic mass is 19.1. The molecule has 2 N–H and O–H groups in total. The van der Waals surface area contributed by atoms with Gasteiger partial charge in [0.25, 0.3) is 5.91 Å². The van der Waals surface area contributed by atoms with E-state index in [1.54, 1.807) is 37.4 Å². The Balaban J connectivity index is 1.21. The maximum Gasteiger partial charge on any atom is 0.342 e. The number of halogens is 1. The third-order valence-corrected chi connectivity index (χ3v) is 6.58. The number of aliphatic hydroxyl groups is 1. The monoisotopic (exact) mass is 518 g/mol. The molecule has 1 fully saturated rings. The molecular weight excluding hydrogens is 491 g/mol. The molecule has 5 rings (SSSR count). The summed E-state index contributed by atoms with van der Waals surface area (Å²) in [6, 6.07) is 9.74. The van der Waals surface area contributed by atoms with Gasteiger partial charge in [-0.15, -0.1) is 0 Å². The summed E-state index contributed by atoms with van der Waals surface area (Å²) in [6.07, 6.45) is 5.80. The molecule has 3 aromatic rings. The molecule has 0 radical (unpaired) electrons. The van der Waals surface area contributed by atoms with E-state index >= 15 is 0 Å². The van der Waals surface area contributed by atoms with Crippen LogP contribution in [0.5, 0.6) is 11.5 Å². The number of amides is 2. The second kappa shape index (κ2) is 10.6. The number of ether oxygens (including phenoxy) is 2. The van der Waals surface area contributed by atoms with Crippen LogP contribution in [0.15, 0.2) is 54.9 Å². The summed E-state index contributed by atoms with van der Waals surface area (Å²) in [7, 11) is 1.59. The maximum atomic E-state index is 13.5. The van der Waals surface area contributed by atoms with Gasteiger partial charge in [0.15, 0.2) is 0 Å². The molecule has 10 heteroatoms. The Morgan fingerprint density at radius 3 is 2.89 bits per heavy atom. The van der Waals surface area contributed by atoms with Gasteiger partial charge in [-0.25, -0.2) is 9.18 Å². The minimum Gasteiger partial charge on any atom is -0.489 e. The number of hydrogen-bond acceptors (Lipinski definition) is 6. The molecule has 2 heterocycles. The fourth-order valence-corrected chi connectivity index (χ4v) is 4.29. The van der Waals surface area contributed by atoms with Crippen LogP contribution in [0.2, 0.25) is 0 Å². The Morgan fingerprint density at radius 2 is 2.13 bits per heavy atom. The van der Waals surface area contributed by atoms with Crippen LogP contribution in [-0.2, 0) is 11.2 Å². The van der Waals surface area contributed by atoms with E-state index in [2.05, 4.69) is 22.3 Å². The van der Waals surface area contributed by atoms with Crippen molar-refractivity contribution in [3.05, 3.63) is 71.8 Å². The number of anilines is 1. The third kappa shape index (κ3) is 5.63. The van der Waals surface area contributed by atoms with Crippen LogP contribution >= 0.6 is 0 Å². The molecule has 1 aliphatic heterocycles. The highest BCUT2D eigenvalue weighted by Gasteiger charge is 2.32. The zero-order valence-electron chi connectivity index (χ0n) is 20.8. The van der Waals surface area contributed by atoms with Crippen molar-refractivity contribution in [2.24, 2.45) is 0 Å². The molecule has 0 bridgehead atoms. The van der Waals surface area contributed by atoms with E-state index < -0.39 is 17.7 Å². The number of nitrogens with zero attached hydrogens (tertiary/aromatic N) is 3. The van der Waals surface area contributed by atoms with Crippen molar-refractivity contribution in [1.82, 2.24) is 15.1 Å². The van der Waals surface area contributed by atoms with Gasteiger partial charge in [-0.3, -0.25) is 4.79 Å². The van der Waals surface area contributed by atoms with E-state index in [0.717, 1.165) is 22.2 Å². The van der Waals surface area contributed by atoms with Crippen LogP contribution in [0.3, 0.4) is 0 Å². The minimum atomic E-state index is -0.950. The molecule has 9 nitrogen and oxygen atoms in total. The molecule has 2 aromatic carbocycles. The van der Waals surface area contributed by atoms with E-state index in [4.69, 9.17) is 9.47 Å². The lowest BCUT2D eigenvalue weighted by Crippen LogP contribution is -2.50. The van der Waals surface area contributed by atoms with Crippen molar-refractivity contribution in [2.45, 2.75) is 37.3 Å². The van der Waals surface area contributed by atoms with Crippen molar-refractivity contribution in [3.63, 3.8) is 0 Å². The first-order chi connectivity index (χ1) is 18.3. The van der Waals surface area contributed by atoms with Gasteiger partial charge in [0.2, 0.25) is 0 Å². The zero-order valence-corrected chi connectivity index (χ0v) is 20.8. The summed E-state index contributed by atoms with van der Waals surface area (Å²) in [6.45, 7) is 0.0347. The van der Waals surface area contributed by atoms with Crippen LogP contribution < -0.4 is 19.7 Å². The molecule has 0 spiro atoms. The fourth-order valence-electron chi connectivity index (χ4n) is 4.29. The van der Waals surface area contributed by atoms with E-state index in [1.807, 2.05) is 0 Å². The molecular formula is C28H27FN4O5. The quantitative estimate of drug-likeness (QED) is 0.504. The summed E-state index contributed by atoms with van der Waals surface area (Å²) in [5.74, 6) is 5.94. The van der Waals surface area contributed by atoms with Crippen LogP contribution in [0.1, 0.15) is 30.4 Å². The van der Waals surface area contributed by atoms with E-state index in [0.29, 0.717) is 36.4 Å². The van der Waals surface area contributed by atoms with Crippen LogP contribution in [-0.4, -0.2) is 58.7 Å². The van der Waals surface area contributed by atoms with Crippen molar-refractivity contribution in [2.75, 3.05) is 25.2 Å².